The normalized spacial score (nSPS) is 12.0. The molecular weight excluding hydrogens is 429 g/mol. The van der Waals surface area contributed by atoms with E-state index >= 15 is 0 Å². The molecule has 176 valence electrons. The quantitative estimate of drug-likeness (QED) is 0.387. The Kier molecular flexibility index (Phi) is 7.15. The number of nitrogens with one attached hydrogen (secondary N) is 2. The lowest BCUT2D eigenvalue weighted by Gasteiger charge is -2.21. The molecule has 1 aromatic heterocycles. The van der Waals surface area contributed by atoms with E-state index in [1.165, 1.54) is 0 Å². The molecule has 5 nitrogen and oxygen atoms in total. The minimum atomic E-state index is -4.60. The van der Waals surface area contributed by atoms with Gasteiger partial charge in [0, 0.05) is 17.6 Å². The van der Waals surface area contributed by atoms with Crippen LogP contribution in [0.1, 0.15) is 45.7 Å². The molecule has 0 radical (unpaired) electrons. The van der Waals surface area contributed by atoms with Crippen LogP contribution in [0.4, 0.5) is 36.3 Å². The lowest BCUT2D eigenvalue weighted by Crippen LogP contribution is -2.22. The lowest BCUT2D eigenvalue weighted by molar-refractivity contribution is -0.137. The smallest absolute Gasteiger partial charge is 0.421 e. The topological polar surface area (TPSA) is 59.1 Å². The first kappa shape index (κ1) is 24.4. The highest BCUT2D eigenvalue weighted by Crippen LogP contribution is 2.36. The van der Waals surface area contributed by atoms with Crippen molar-refractivity contribution >= 4 is 23.1 Å². The summed E-state index contributed by atoms with van der Waals surface area (Å²) in [5.41, 5.74) is 0.870. The average Bonchev–Trinajstić information content (AvgIpc) is 2.69. The summed E-state index contributed by atoms with van der Waals surface area (Å²) in [6, 6.07) is 14.4. The van der Waals surface area contributed by atoms with Crippen molar-refractivity contribution < 1.29 is 17.9 Å². The maximum Gasteiger partial charge on any atom is 0.421 e. The average molecular weight is 459 g/mol. The molecule has 2 aromatic carbocycles. The maximum absolute atomic E-state index is 13.6. The largest absolute Gasteiger partial charge is 0.488 e. The molecule has 0 saturated heterocycles. The monoisotopic (exact) mass is 458 g/mol. The Morgan fingerprint density at radius 3 is 2.21 bits per heavy atom. The van der Waals surface area contributed by atoms with Gasteiger partial charge in [-0.1, -0.05) is 32.0 Å². The number of benzene rings is 2. The first-order valence-electron chi connectivity index (χ1n) is 10.8. The van der Waals surface area contributed by atoms with Gasteiger partial charge in [0.2, 0.25) is 5.95 Å². The van der Waals surface area contributed by atoms with Crippen molar-refractivity contribution in [2.75, 3.05) is 10.6 Å². The molecule has 0 unspecified atom stereocenters. The maximum atomic E-state index is 13.6. The van der Waals surface area contributed by atoms with Crippen molar-refractivity contribution in [3.05, 3.63) is 65.9 Å². The van der Waals surface area contributed by atoms with Gasteiger partial charge >= 0.3 is 6.18 Å². The van der Waals surface area contributed by atoms with Gasteiger partial charge in [-0.3, -0.25) is 0 Å². The van der Waals surface area contributed by atoms with Crippen molar-refractivity contribution in [1.29, 1.82) is 0 Å². The molecule has 0 saturated carbocycles. The van der Waals surface area contributed by atoms with Crippen LogP contribution in [-0.4, -0.2) is 15.6 Å². The summed E-state index contributed by atoms with van der Waals surface area (Å²) in [4.78, 5) is 8.03. The zero-order valence-corrected chi connectivity index (χ0v) is 19.4. The molecule has 0 fully saturated rings. The van der Waals surface area contributed by atoms with E-state index in [-0.39, 0.29) is 17.4 Å². The summed E-state index contributed by atoms with van der Waals surface area (Å²) in [5.74, 6) is 0.786. The predicted octanol–water partition coefficient (Wildman–Crippen LogP) is 7.36. The number of anilines is 4. The van der Waals surface area contributed by atoms with Gasteiger partial charge in [0.1, 0.15) is 22.7 Å². The van der Waals surface area contributed by atoms with Gasteiger partial charge in [-0.15, -0.1) is 0 Å². The van der Waals surface area contributed by atoms with Gasteiger partial charge in [0.05, 0.1) is 0 Å². The van der Waals surface area contributed by atoms with Crippen LogP contribution in [-0.2, 0) is 12.6 Å². The van der Waals surface area contributed by atoms with Gasteiger partial charge < -0.3 is 15.4 Å². The van der Waals surface area contributed by atoms with Crippen molar-refractivity contribution in [1.82, 2.24) is 9.97 Å². The van der Waals surface area contributed by atoms with E-state index in [1.54, 1.807) is 36.4 Å². The molecule has 0 spiro atoms. The van der Waals surface area contributed by atoms with Gasteiger partial charge in [-0.05, 0) is 69.0 Å². The number of ether oxygens (including phenoxy) is 1. The number of para-hydroxylation sites is 1. The number of alkyl halides is 3. The van der Waals surface area contributed by atoms with Crippen LogP contribution < -0.4 is 15.4 Å². The van der Waals surface area contributed by atoms with E-state index in [2.05, 4.69) is 34.4 Å². The van der Waals surface area contributed by atoms with Crippen LogP contribution in [0.3, 0.4) is 0 Å². The Morgan fingerprint density at radius 2 is 1.61 bits per heavy atom. The second-order valence-electron chi connectivity index (χ2n) is 9.20. The van der Waals surface area contributed by atoms with Crippen molar-refractivity contribution in [2.45, 2.75) is 52.8 Å². The predicted molar refractivity (Wildman–Crippen MR) is 125 cm³/mol. The number of nitrogens with zero attached hydrogens (tertiary/aromatic N) is 2. The standard InChI is InChI=1S/C25H29F3N4O/c1-16(2)14-17-8-6-7-9-21(17)31-22-20(25(26,27)28)15-29-23(32-22)30-18-10-12-19(13-11-18)33-24(3,4)5/h6-13,15-16H,14H2,1-5H3,(H2,29,30,31,32). The Balaban J connectivity index is 1.88. The van der Waals surface area contributed by atoms with Gasteiger partial charge in [-0.25, -0.2) is 4.98 Å². The summed E-state index contributed by atoms with van der Waals surface area (Å²) in [6.07, 6.45) is -3.08. The van der Waals surface area contributed by atoms with E-state index in [0.717, 1.165) is 18.2 Å². The molecular formula is C25H29F3N4O. The van der Waals surface area contributed by atoms with E-state index in [4.69, 9.17) is 4.74 Å². The fourth-order valence-electron chi connectivity index (χ4n) is 3.22. The molecule has 0 atom stereocenters. The molecule has 3 aromatic rings. The van der Waals surface area contributed by atoms with E-state index in [1.807, 2.05) is 32.9 Å². The zero-order chi connectivity index (χ0) is 24.2. The Bertz CT molecular complexity index is 1070. The minimum absolute atomic E-state index is 0.0522. The van der Waals surface area contributed by atoms with Crippen LogP contribution in [0.2, 0.25) is 0 Å². The fraction of sp³-hybridized carbons (Fsp3) is 0.360. The molecule has 0 aliphatic rings. The van der Waals surface area contributed by atoms with Gasteiger partial charge in [0.25, 0.3) is 0 Å². The molecule has 1 heterocycles. The number of halogens is 3. The Hall–Kier alpha value is -3.29. The summed E-state index contributed by atoms with van der Waals surface area (Å²) >= 11 is 0. The first-order chi connectivity index (χ1) is 15.4. The minimum Gasteiger partial charge on any atom is -0.488 e. The lowest BCUT2D eigenvalue weighted by atomic mass is 10.0. The van der Waals surface area contributed by atoms with E-state index in [9.17, 15) is 13.2 Å². The number of hydrogen-bond donors (Lipinski definition) is 2. The van der Waals surface area contributed by atoms with Crippen LogP contribution in [0.15, 0.2) is 54.7 Å². The van der Waals surface area contributed by atoms with Crippen LogP contribution in [0.25, 0.3) is 0 Å². The highest BCUT2D eigenvalue weighted by Gasteiger charge is 2.35. The molecule has 8 heteroatoms. The van der Waals surface area contributed by atoms with E-state index < -0.39 is 11.7 Å². The highest BCUT2D eigenvalue weighted by molar-refractivity contribution is 5.65. The Labute approximate surface area is 192 Å². The van der Waals surface area contributed by atoms with Crippen LogP contribution in [0, 0.1) is 5.92 Å². The fourth-order valence-corrected chi connectivity index (χ4v) is 3.22. The number of aromatic nitrogens is 2. The molecule has 2 N–H and O–H groups in total. The molecule has 0 aliphatic carbocycles. The second kappa shape index (κ2) is 9.68. The first-order valence-corrected chi connectivity index (χ1v) is 10.8. The summed E-state index contributed by atoms with van der Waals surface area (Å²) < 4.78 is 46.7. The summed E-state index contributed by atoms with van der Waals surface area (Å²) in [7, 11) is 0. The SMILES string of the molecule is CC(C)Cc1ccccc1Nc1nc(Nc2ccc(OC(C)(C)C)cc2)ncc1C(F)(F)F. The van der Waals surface area contributed by atoms with Crippen molar-refractivity contribution in [3.8, 4) is 5.75 Å². The summed E-state index contributed by atoms with van der Waals surface area (Å²) in [5, 5.41) is 5.84. The van der Waals surface area contributed by atoms with Crippen molar-refractivity contribution in [2.24, 2.45) is 5.92 Å². The molecule has 0 amide bonds. The molecule has 3 rings (SSSR count). The van der Waals surface area contributed by atoms with Crippen LogP contribution in [0.5, 0.6) is 5.75 Å². The molecule has 33 heavy (non-hydrogen) atoms. The third kappa shape index (κ3) is 7.10. The van der Waals surface area contributed by atoms with E-state index in [0.29, 0.717) is 23.0 Å². The number of rotatable bonds is 7. The number of hydrogen-bond acceptors (Lipinski definition) is 5. The molecule has 0 bridgehead atoms. The van der Waals surface area contributed by atoms with Crippen LogP contribution >= 0.6 is 0 Å². The zero-order valence-electron chi connectivity index (χ0n) is 19.4. The third-order valence-electron chi connectivity index (χ3n) is 4.53. The van der Waals surface area contributed by atoms with Gasteiger partial charge in [-0.2, -0.15) is 18.2 Å². The highest BCUT2D eigenvalue weighted by atomic mass is 19.4. The third-order valence-corrected chi connectivity index (χ3v) is 4.53. The van der Waals surface area contributed by atoms with Crippen molar-refractivity contribution in [3.63, 3.8) is 0 Å². The Morgan fingerprint density at radius 1 is 0.939 bits per heavy atom. The second-order valence-corrected chi connectivity index (χ2v) is 9.20. The summed E-state index contributed by atoms with van der Waals surface area (Å²) in [6.45, 7) is 9.96. The van der Waals surface area contributed by atoms with Gasteiger partial charge in [0.15, 0.2) is 0 Å². The molecule has 0 aliphatic heterocycles.